The van der Waals surface area contributed by atoms with Crippen LogP contribution in [0.25, 0.3) is 0 Å². The third-order valence-corrected chi connectivity index (χ3v) is 3.10. The zero-order chi connectivity index (χ0) is 16.0. The molecule has 1 amide bonds. The number of carbonyl (C=O) groups is 2. The van der Waals surface area contributed by atoms with Crippen molar-refractivity contribution in [3.8, 4) is 5.75 Å². The zero-order valence-corrected chi connectivity index (χ0v) is 13.0. The fourth-order valence-corrected chi connectivity index (χ4v) is 2.23. The van der Waals surface area contributed by atoms with E-state index in [1.165, 1.54) is 11.8 Å². The van der Waals surface area contributed by atoms with Crippen LogP contribution in [0.4, 0.5) is 0 Å². The third-order valence-electron chi connectivity index (χ3n) is 3.10. The summed E-state index contributed by atoms with van der Waals surface area (Å²) >= 11 is 0. The van der Waals surface area contributed by atoms with Gasteiger partial charge < -0.3 is 14.7 Å². The number of ether oxygens (including phenoxy) is 1. The Labute approximate surface area is 125 Å². The monoisotopic (exact) mass is 293 g/mol. The maximum absolute atomic E-state index is 11.8. The quantitative estimate of drug-likeness (QED) is 0.839. The number of carboxylic acid groups (broad SMARTS) is 1. The molecule has 0 aliphatic rings. The Bertz CT molecular complexity index is 482. The van der Waals surface area contributed by atoms with Crippen LogP contribution in [0.3, 0.4) is 0 Å². The lowest BCUT2D eigenvalue weighted by Crippen LogP contribution is -2.42. The molecule has 1 atom stereocenters. The maximum atomic E-state index is 11.8. The summed E-state index contributed by atoms with van der Waals surface area (Å²) in [5.74, 6) is -0.603. The molecular weight excluding hydrogens is 270 g/mol. The largest absolute Gasteiger partial charge is 0.494 e. The topological polar surface area (TPSA) is 66.8 Å². The van der Waals surface area contributed by atoms with Gasteiger partial charge in [-0.1, -0.05) is 19.1 Å². The van der Waals surface area contributed by atoms with E-state index in [1.54, 1.807) is 38.1 Å². The molecule has 0 aliphatic carbocycles. The van der Waals surface area contributed by atoms with Crippen LogP contribution in [0.2, 0.25) is 0 Å². The highest BCUT2D eigenvalue weighted by Crippen LogP contribution is 2.25. The van der Waals surface area contributed by atoms with E-state index < -0.39 is 12.0 Å². The molecule has 0 saturated heterocycles. The molecule has 0 spiro atoms. The molecule has 0 radical (unpaired) electrons. The first-order valence-electron chi connectivity index (χ1n) is 7.13. The maximum Gasteiger partial charge on any atom is 0.331 e. The summed E-state index contributed by atoms with van der Waals surface area (Å²) in [6.45, 7) is 7.62. The van der Waals surface area contributed by atoms with E-state index in [9.17, 15) is 14.7 Å². The number of hydrogen-bond donors (Lipinski definition) is 1. The Morgan fingerprint density at radius 1 is 1.24 bits per heavy atom. The highest BCUT2D eigenvalue weighted by Gasteiger charge is 2.31. The molecule has 0 aliphatic heterocycles. The number of carbonyl (C=O) groups excluding carboxylic acids is 1. The van der Waals surface area contributed by atoms with Gasteiger partial charge in [-0.3, -0.25) is 4.79 Å². The second-order valence-corrected chi connectivity index (χ2v) is 5.18. The first-order chi connectivity index (χ1) is 9.88. The lowest BCUT2D eigenvalue weighted by molar-refractivity contribution is -0.151. The zero-order valence-electron chi connectivity index (χ0n) is 13.0. The van der Waals surface area contributed by atoms with Gasteiger partial charge in [0.1, 0.15) is 5.75 Å². The molecule has 21 heavy (non-hydrogen) atoms. The molecule has 1 rings (SSSR count). The summed E-state index contributed by atoms with van der Waals surface area (Å²) in [6, 6.07) is 5.69. The molecule has 5 nitrogen and oxygen atoms in total. The Hall–Kier alpha value is -2.04. The summed E-state index contributed by atoms with van der Waals surface area (Å²) < 4.78 is 5.48. The summed E-state index contributed by atoms with van der Waals surface area (Å²) in [5.41, 5.74) is 0.565. The number of benzene rings is 1. The minimum atomic E-state index is -1.04. The number of amides is 1. The molecule has 5 heteroatoms. The van der Waals surface area contributed by atoms with E-state index in [0.29, 0.717) is 17.9 Å². The summed E-state index contributed by atoms with van der Waals surface area (Å²) in [4.78, 5) is 24.7. The molecular formula is C16H23NO4. The van der Waals surface area contributed by atoms with Crippen LogP contribution in [0, 0.1) is 0 Å². The van der Waals surface area contributed by atoms with Gasteiger partial charge in [0.15, 0.2) is 6.04 Å². The molecule has 1 aromatic rings. The van der Waals surface area contributed by atoms with Crippen molar-refractivity contribution in [3.05, 3.63) is 29.8 Å². The minimum Gasteiger partial charge on any atom is -0.494 e. The fourth-order valence-electron chi connectivity index (χ4n) is 2.23. The normalized spacial score (nSPS) is 12.0. The summed E-state index contributed by atoms with van der Waals surface area (Å²) in [6.07, 6.45) is 0.908. The van der Waals surface area contributed by atoms with Crippen molar-refractivity contribution in [2.45, 2.75) is 46.2 Å². The lowest BCUT2D eigenvalue weighted by Gasteiger charge is -2.31. The highest BCUT2D eigenvalue weighted by atomic mass is 16.5. The van der Waals surface area contributed by atoms with Gasteiger partial charge in [-0.25, -0.2) is 4.79 Å². The van der Waals surface area contributed by atoms with Gasteiger partial charge >= 0.3 is 5.97 Å². The highest BCUT2D eigenvalue weighted by molar-refractivity contribution is 5.83. The standard InChI is InChI=1S/C16H23NO4/c1-5-10-21-14-8-6-13(7-9-14)15(16(19)20)17(11(2)3)12(4)18/h6-9,11,15H,5,10H2,1-4H3,(H,19,20). The van der Waals surface area contributed by atoms with Crippen LogP contribution in [-0.2, 0) is 9.59 Å². The van der Waals surface area contributed by atoms with Crippen LogP contribution in [0.1, 0.15) is 45.7 Å². The van der Waals surface area contributed by atoms with Crippen molar-refractivity contribution in [2.75, 3.05) is 6.61 Å². The summed E-state index contributed by atoms with van der Waals surface area (Å²) in [5, 5.41) is 9.48. The van der Waals surface area contributed by atoms with E-state index in [0.717, 1.165) is 6.42 Å². The number of nitrogens with zero attached hydrogens (tertiary/aromatic N) is 1. The van der Waals surface area contributed by atoms with Gasteiger partial charge in [0.05, 0.1) is 6.61 Å². The average Bonchev–Trinajstić information content (AvgIpc) is 2.41. The molecule has 0 fully saturated rings. The number of carboxylic acids is 1. The van der Waals surface area contributed by atoms with Crippen molar-refractivity contribution in [1.29, 1.82) is 0 Å². The lowest BCUT2D eigenvalue weighted by atomic mass is 10.0. The van der Waals surface area contributed by atoms with Crippen molar-refractivity contribution >= 4 is 11.9 Å². The van der Waals surface area contributed by atoms with Gasteiger partial charge in [-0.15, -0.1) is 0 Å². The van der Waals surface area contributed by atoms with Crippen molar-refractivity contribution in [2.24, 2.45) is 0 Å². The van der Waals surface area contributed by atoms with Gasteiger partial charge in [0.25, 0.3) is 0 Å². The van der Waals surface area contributed by atoms with E-state index >= 15 is 0 Å². The Morgan fingerprint density at radius 2 is 1.81 bits per heavy atom. The first kappa shape index (κ1) is 17.0. The van der Waals surface area contributed by atoms with Crippen LogP contribution < -0.4 is 4.74 Å². The first-order valence-corrected chi connectivity index (χ1v) is 7.13. The SMILES string of the molecule is CCCOc1ccc(C(C(=O)O)N(C(C)=O)C(C)C)cc1. The average molecular weight is 293 g/mol. The van der Waals surface area contributed by atoms with Gasteiger partial charge in [0, 0.05) is 13.0 Å². The molecule has 0 aromatic heterocycles. The predicted molar refractivity (Wildman–Crippen MR) is 80.3 cm³/mol. The van der Waals surface area contributed by atoms with Gasteiger partial charge in [-0.2, -0.15) is 0 Å². The van der Waals surface area contributed by atoms with Crippen LogP contribution >= 0.6 is 0 Å². The molecule has 0 bridgehead atoms. The van der Waals surface area contributed by atoms with Crippen LogP contribution in [0.15, 0.2) is 24.3 Å². The number of aliphatic carboxylic acids is 1. The molecule has 1 aromatic carbocycles. The second-order valence-electron chi connectivity index (χ2n) is 5.18. The minimum absolute atomic E-state index is 0.195. The number of hydrogen-bond acceptors (Lipinski definition) is 3. The van der Waals surface area contributed by atoms with E-state index in [-0.39, 0.29) is 11.9 Å². The van der Waals surface area contributed by atoms with Crippen molar-refractivity contribution in [1.82, 2.24) is 4.90 Å². The van der Waals surface area contributed by atoms with Gasteiger partial charge in [0.2, 0.25) is 5.91 Å². The third kappa shape index (κ3) is 4.48. The van der Waals surface area contributed by atoms with Crippen LogP contribution in [0.5, 0.6) is 5.75 Å². The summed E-state index contributed by atoms with van der Waals surface area (Å²) in [7, 11) is 0. The van der Waals surface area contributed by atoms with Crippen LogP contribution in [-0.4, -0.2) is 34.5 Å². The Kier molecular flexibility index (Phi) is 6.21. The predicted octanol–water partition coefficient (Wildman–Crippen LogP) is 2.86. The number of rotatable bonds is 7. The van der Waals surface area contributed by atoms with E-state index in [4.69, 9.17) is 4.74 Å². The smallest absolute Gasteiger partial charge is 0.331 e. The molecule has 1 N–H and O–H groups in total. The molecule has 1 unspecified atom stereocenters. The van der Waals surface area contributed by atoms with E-state index in [2.05, 4.69) is 0 Å². The second kappa shape index (κ2) is 7.67. The molecule has 0 heterocycles. The fraction of sp³-hybridized carbons (Fsp3) is 0.500. The Balaban J connectivity index is 3.05. The molecule has 116 valence electrons. The van der Waals surface area contributed by atoms with Crippen molar-refractivity contribution in [3.63, 3.8) is 0 Å². The van der Waals surface area contributed by atoms with Crippen molar-refractivity contribution < 1.29 is 19.4 Å². The van der Waals surface area contributed by atoms with E-state index in [1.807, 2.05) is 6.92 Å². The molecule has 0 saturated carbocycles. The Morgan fingerprint density at radius 3 is 2.19 bits per heavy atom. The van der Waals surface area contributed by atoms with Gasteiger partial charge in [-0.05, 0) is 38.0 Å².